The Hall–Kier alpha value is -0.900. The maximum Gasteiger partial charge on any atom is 0.0930 e. The van der Waals surface area contributed by atoms with Crippen LogP contribution in [0.25, 0.3) is 0 Å². The predicted octanol–water partition coefficient (Wildman–Crippen LogP) is 1.14. The third-order valence-corrected chi connectivity index (χ3v) is 1.77. The molecule has 0 amide bonds. The predicted molar refractivity (Wildman–Crippen MR) is 52.8 cm³/mol. The number of hydrogen-bond donors (Lipinski definition) is 1. The quantitative estimate of drug-likeness (QED) is 0.706. The number of nitrogens with zero attached hydrogens (tertiary/aromatic N) is 1. The van der Waals surface area contributed by atoms with Crippen molar-refractivity contribution in [3.05, 3.63) is 35.4 Å². The Kier molecular flexibility index (Phi) is 3.89. The van der Waals surface area contributed by atoms with E-state index in [1.165, 1.54) is 5.56 Å². The molecule has 1 aromatic rings. The lowest BCUT2D eigenvalue weighted by molar-refractivity contribution is 0.124. The highest BCUT2D eigenvalue weighted by Crippen LogP contribution is 2.06. The Morgan fingerprint density at radius 1 is 1.15 bits per heavy atom. The van der Waals surface area contributed by atoms with E-state index < -0.39 is 0 Å². The van der Waals surface area contributed by atoms with Gasteiger partial charge in [-0.2, -0.15) is 0 Å². The monoisotopic (exact) mass is 180 g/mol. The fourth-order valence-electron chi connectivity index (χ4n) is 1.20. The molecule has 0 heterocycles. The number of hydrogen-bond acceptors (Lipinski definition) is 3. The van der Waals surface area contributed by atoms with Gasteiger partial charge in [0.1, 0.15) is 0 Å². The zero-order valence-corrected chi connectivity index (χ0v) is 8.16. The van der Waals surface area contributed by atoms with E-state index in [1.807, 2.05) is 12.1 Å². The second-order valence-electron chi connectivity index (χ2n) is 3.37. The molecule has 0 spiro atoms. The summed E-state index contributed by atoms with van der Waals surface area (Å²) in [5, 5.41) is 0. The summed E-state index contributed by atoms with van der Waals surface area (Å²) in [6.45, 7) is 1.44. The number of nitrogens with two attached hydrogens (primary N) is 1. The van der Waals surface area contributed by atoms with Gasteiger partial charge in [-0.3, -0.25) is 4.84 Å². The van der Waals surface area contributed by atoms with E-state index in [-0.39, 0.29) is 0 Å². The van der Waals surface area contributed by atoms with Crippen LogP contribution in [0, 0.1) is 0 Å². The van der Waals surface area contributed by atoms with Crippen LogP contribution in [-0.4, -0.2) is 19.0 Å². The molecule has 2 N–H and O–H groups in total. The summed E-state index contributed by atoms with van der Waals surface area (Å²) >= 11 is 0. The maximum absolute atomic E-state index is 4.97. The average Bonchev–Trinajstić information content (AvgIpc) is 2.08. The lowest BCUT2D eigenvalue weighted by Crippen LogP contribution is -2.10. The Labute approximate surface area is 79.1 Å². The third kappa shape index (κ3) is 3.55. The van der Waals surface area contributed by atoms with Crippen molar-refractivity contribution in [2.45, 2.75) is 13.2 Å². The van der Waals surface area contributed by atoms with Gasteiger partial charge in [0.15, 0.2) is 0 Å². The topological polar surface area (TPSA) is 38.5 Å². The van der Waals surface area contributed by atoms with Crippen LogP contribution in [-0.2, 0) is 18.0 Å². The molecule has 0 fully saturated rings. The van der Waals surface area contributed by atoms with Gasteiger partial charge in [-0.15, -0.1) is 0 Å². The molecular formula is C10H16N2O. The number of rotatable bonds is 4. The second kappa shape index (κ2) is 4.97. The van der Waals surface area contributed by atoms with Crippen molar-refractivity contribution >= 4 is 0 Å². The van der Waals surface area contributed by atoms with Crippen LogP contribution in [0.1, 0.15) is 11.1 Å². The van der Waals surface area contributed by atoms with Crippen molar-refractivity contribution in [2.24, 2.45) is 5.90 Å². The zero-order chi connectivity index (χ0) is 9.68. The Bertz CT molecular complexity index is 244. The van der Waals surface area contributed by atoms with Gasteiger partial charge < -0.3 is 4.90 Å². The van der Waals surface area contributed by atoms with Crippen LogP contribution in [0.2, 0.25) is 0 Å². The minimum atomic E-state index is 0.474. The molecule has 0 aromatic heterocycles. The molecular weight excluding hydrogens is 164 g/mol. The molecule has 0 aliphatic carbocycles. The summed E-state index contributed by atoms with van der Waals surface area (Å²) in [4.78, 5) is 6.67. The van der Waals surface area contributed by atoms with Crippen molar-refractivity contribution in [2.75, 3.05) is 14.1 Å². The fourth-order valence-corrected chi connectivity index (χ4v) is 1.20. The largest absolute Gasteiger partial charge is 0.305 e. The first-order valence-electron chi connectivity index (χ1n) is 4.26. The highest BCUT2D eigenvalue weighted by Gasteiger charge is 1.95. The standard InChI is InChI=1S/C10H16N2O/c1-12(2)7-9-3-5-10(6-4-9)8-13-11/h3-6H,7-8,11H2,1-2H3. The third-order valence-electron chi connectivity index (χ3n) is 1.77. The molecule has 3 heteroatoms. The van der Waals surface area contributed by atoms with Crippen molar-refractivity contribution in [3.63, 3.8) is 0 Å². The van der Waals surface area contributed by atoms with Gasteiger partial charge in [0, 0.05) is 6.54 Å². The molecule has 0 radical (unpaired) electrons. The van der Waals surface area contributed by atoms with Gasteiger partial charge in [0.25, 0.3) is 0 Å². The molecule has 0 aliphatic heterocycles. The fraction of sp³-hybridized carbons (Fsp3) is 0.400. The van der Waals surface area contributed by atoms with Gasteiger partial charge in [-0.05, 0) is 25.2 Å². The molecule has 0 unspecified atom stereocenters. The van der Waals surface area contributed by atoms with Crippen LogP contribution < -0.4 is 5.90 Å². The van der Waals surface area contributed by atoms with Crippen molar-refractivity contribution < 1.29 is 4.84 Å². The average molecular weight is 180 g/mol. The minimum Gasteiger partial charge on any atom is -0.305 e. The molecule has 0 saturated heterocycles. The molecule has 13 heavy (non-hydrogen) atoms. The summed E-state index contributed by atoms with van der Waals surface area (Å²) in [6.07, 6.45) is 0. The van der Waals surface area contributed by atoms with Gasteiger partial charge in [0.2, 0.25) is 0 Å². The van der Waals surface area contributed by atoms with Gasteiger partial charge in [-0.1, -0.05) is 24.3 Å². The van der Waals surface area contributed by atoms with E-state index in [4.69, 9.17) is 5.90 Å². The first kappa shape index (κ1) is 10.2. The maximum atomic E-state index is 4.97. The van der Waals surface area contributed by atoms with E-state index in [2.05, 4.69) is 36.0 Å². The van der Waals surface area contributed by atoms with Gasteiger partial charge in [-0.25, -0.2) is 5.90 Å². The lowest BCUT2D eigenvalue weighted by atomic mass is 10.1. The van der Waals surface area contributed by atoms with Crippen LogP contribution in [0.5, 0.6) is 0 Å². The SMILES string of the molecule is CN(C)Cc1ccc(CON)cc1. The van der Waals surface area contributed by atoms with Gasteiger partial charge in [0.05, 0.1) is 6.61 Å². The Morgan fingerprint density at radius 3 is 2.15 bits per heavy atom. The molecule has 0 bridgehead atoms. The van der Waals surface area contributed by atoms with Crippen LogP contribution in [0.4, 0.5) is 0 Å². The van der Waals surface area contributed by atoms with Crippen molar-refractivity contribution in [1.82, 2.24) is 4.90 Å². The highest BCUT2D eigenvalue weighted by atomic mass is 16.6. The van der Waals surface area contributed by atoms with E-state index in [1.54, 1.807) is 0 Å². The first-order chi connectivity index (χ1) is 6.22. The van der Waals surface area contributed by atoms with Crippen molar-refractivity contribution in [3.8, 4) is 0 Å². The second-order valence-corrected chi connectivity index (χ2v) is 3.37. The summed E-state index contributed by atoms with van der Waals surface area (Å²) < 4.78 is 0. The molecule has 3 nitrogen and oxygen atoms in total. The molecule has 1 aromatic carbocycles. The smallest absolute Gasteiger partial charge is 0.0930 e. The normalized spacial score (nSPS) is 10.8. The van der Waals surface area contributed by atoms with E-state index >= 15 is 0 Å². The van der Waals surface area contributed by atoms with E-state index in [9.17, 15) is 0 Å². The van der Waals surface area contributed by atoms with E-state index in [0.29, 0.717) is 6.61 Å². The summed E-state index contributed by atoms with van der Waals surface area (Å²) in [7, 11) is 4.10. The van der Waals surface area contributed by atoms with Crippen molar-refractivity contribution in [1.29, 1.82) is 0 Å². The first-order valence-corrected chi connectivity index (χ1v) is 4.26. The molecule has 0 aliphatic rings. The summed E-state index contributed by atoms with van der Waals surface area (Å²) in [5.41, 5.74) is 2.40. The van der Waals surface area contributed by atoms with Gasteiger partial charge >= 0.3 is 0 Å². The summed E-state index contributed by atoms with van der Waals surface area (Å²) in [5.74, 6) is 4.97. The molecule has 72 valence electrons. The summed E-state index contributed by atoms with van der Waals surface area (Å²) in [6, 6.07) is 8.25. The molecule has 0 saturated carbocycles. The zero-order valence-electron chi connectivity index (χ0n) is 8.16. The van der Waals surface area contributed by atoms with Crippen LogP contribution in [0.15, 0.2) is 24.3 Å². The Morgan fingerprint density at radius 2 is 1.69 bits per heavy atom. The lowest BCUT2D eigenvalue weighted by Gasteiger charge is -2.09. The molecule has 0 atom stereocenters. The van der Waals surface area contributed by atoms with Crippen LogP contribution >= 0.6 is 0 Å². The minimum absolute atomic E-state index is 0.474. The molecule has 1 rings (SSSR count). The van der Waals surface area contributed by atoms with Crippen LogP contribution in [0.3, 0.4) is 0 Å². The Balaban J connectivity index is 2.59. The highest BCUT2D eigenvalue weighted by molar-refractivity contribution is 5.21. The van der Waals surface area contributed by atoms with E-state index in [0.717, 1.165) is 12.1 Å². The number of benzene rings is 1.